The number of benzene rings is 1. The van der Waals surface area contributed by atoms with Gasteiger partial charge in [-0.05, 0) is 17.5 Å². The summed E-state index contributed by atoms with van der Waals surface area (Å²) in [4.78, 5) is 30.8. The number of rotatable bonds is 5. The summed E-state index contributed by atoms with van der Waals surface area (Å²) in [7, 11) is 2.93. The Labute approximate surface area is 148 Å². The van der Waals surface area contributed by atoms with E-state index in [1.165, 1.54) is 7.11 Å². The summed E-state index contributed by atoms with van der Waals surface area (Å²) in [6.07, 6.45) is 0.786. The van der Waals surface area contributed by atoms with Crippen LogP contribution >= 0.6 is 0 Å². The maximum atomic E-state index is 13.0. The SMILES string of the molecule is COC(=O)C1=NC[C@@H](N(C(=O)CC(C)(C)C)c2cccc(OC)c2)C1. The van der Waals surface area contributed by atoms with Gasteiger partial charge in [0.05, 0.1) is 26.8 Å². The van der Waals surface area contributed by atoms with Crippen LogP contribution in [0.15, 0.2) is 29.3 Å². The van der Waals surface area contributed by atoms with Crippen molar-refractivity contribution < 1.29 is 19.1 Å². The van der Waals surface area contributed by atoms with Gasteiger partial charge in [0.2, 0.25) is 5.91 Å². The van der Waals surface area contributed by atoms with Crippen molar-refractivity contribution in [2.45, 2.75) is 39.7 Å². The van der Waals surface area contributed by atoms with Crippen LogP contribution in [0.4, 0.5) is 5.69 Å². The van der Waals surface area contributed by atoms with Gasteiger partial charge >= 0.3 is 5.97 Å². The fourth-order valence-corrected chi connectivity index (χ4v) is 2.86. The molecule has 6 nitrogen and oxygen atoms in total. The van der Waals surface area contributed by atoms with Gasteiger partial charge in [-0.15, -0.1) is 0 Å². The van der Waals surface area contributed by atoms with E-state index in [2.05, 4.69) is 4.99 Å². The smallest absolute Gasteiger partial charge is 0.352 e. The number of methoxy groups -OCH3 is 2. The third kappa shape index (κ3) is 4.81. The summed E-state index contributed by atoms with van der Waals surface area (Å²) >= 11 is 0. The first-order valence-corrected chi connectivity index (χ1v) is 8.33. The molecular formula is C19H26N2O4. The van der Waals surface area contributed by atoms with Gasteiger partial charge in [-0.3, -0.25) is 9.79 Å². The Morgan fingerprint density at radius 1 is 1.28 bits per heavy atom. The standard InChI is InChI=1S/C19H26N2O4/c1-19(2,3)11-17(22)21(13-7-6-8-15(9-13)24-4)14-10-16(20-12-14)18(23)25-5/h6-9,14H,10-12H2,1-5H3/t14-/m0/s1. The molecule has 0 N–H and O–H groups in total. The minimum atomic E-state index is -0.434. The zero-order chi connectivity index (χ0) is 18.6. The summed E-state index contributed by atoms with van der Waals surface area (Å²) in [6, 6.07) is 7.19. The predicted octanol–water partition coefficient (Wildman–Crippen LogP) is 2.85. The Morgan fingerprint density at radius 2 is 2.00 bits per heavy atom. The van der Waals surface area contributed by atoms with Gasteiger partial charge in [-0.2, -0.15) is 0 Å². The first-order chi connectivity index (χ1) is 11.7. The molecule has 0 unspecified atom stereocenters. The van der Waals surface area contributed by atoms with E-state index >= 15 is 0 Å². The lowest BCUT2D eigenvalue weighted by molar-refractivity contribution is -0.132. The topological polar surface area (TPSA) is 68.2 Å². The van der Waals surface area contributed by atoms with Gasteiger partial charge in [0, 0.05) is 24.6 Å². The van der Waals surface area contributed by atoms with Crippen molar-refractivity contribution in [1.82, 2.24) is 0 Å². The molecule has 0 saturated heterocycles. The molecule has 1 amide bonds. The van der Waals surface area contributed by atoms with Gasteiger partial charge in [0.25, 0.3) is 0 Å². The molecule has 0 fully saturated rings. The van der Waals surface area contributed by atoms with Crippen LogP contribution in [0, 0.1) is 5.41 Å². The summed E-state index contributed by atoms with van der Waals surface area (Å²) < 4.78 is 10.0. The third-order valence-corrected chi connectivity index (χ3v) is 3.99. The Bertz CT molecular complexity index is 676. The zero-order valence-electron chi connectivity index (χ0n) is 15.5. The molecule has 0 radical (unpaired) electrons. The van der Waals surface area contributed by atoms with Crippen molar-refractivity contribution in [2.75, 3.05) is 25.7 Å². The largest absolute Gasteiger partial charge is 0.497 e. The molecule has 1 aromatic carbocycles. The molecule has 1 aliphatic heterocycles. The molecule has 6 heteroatoms. The van der Waals surface area contributed by atoms with Gasteiger partial charge in [0.15, 0.2) is 0 Å². The highest BCUT2D eigenvalue weighted by Gasteiger charge is 2.34. The van der Waals surface area contributed by atoms with Gasteiger partial charge in [-0.1, -0.05) is 26.8 Å². The molecule has 1 atom stereocenters. The molecule has 1 aliphatic rings. The zero-order valence-corrected chi connectivity index (χ0v) is 15.5. The van der Waals surface area contributed by atoms with Crippen molar-refractivity contribution in [3.8, 4) is 5.75 Å². The van der Waals surface area contributed by atoms with Gasteiger partial charge < -0.3 is 14.4 Å². The summed E-state index contributed by atoms with van der Waals surface area (Å²) in [5.74, 6) is 0.251. The number of hydrogen-bond donors (Lipinski definition) is 0. The van der Waals surface area contributed by atoms with E-state index in [4.69, 9.17) is 9.47 Å². The van der Waals surface area contributed by atoms with Crippen LogP contribution in [0.1, 0.15) is 33.6 Å². The van der Waals surface area contributed by atoms with E-state index in [0.717, 1.165) is 5.69 Å². The number of amides is 1. The predicted molar refractivity (Wildman–Crippen MR) is 97.3 cm³/mol. The summed E-state index contributed by atoms with van der Waals surface area (Å²) in [5.41, 5.74) is 0.989. The van der Waals surface area contributed by atoms with Crippen molar-refractivity contribution in [1.29, 1.82) is 0 Å². The van der Waals surface area contributed by atoms with E-state index in [0.29, 0.717) is 30.8 Å². The molecule has 1 aromatic rings. The van der Waals surface area contributed by atoms with Crippen molar-refractivity contribution >= 4 is 23.3 Å². The van der Waals surface area contributed by atoms with E-state index in [1.54, 1.807) is 12.0 Å². The molecule has 0 spiro atoms. The lowest BCUT2D eigenvalue weighted by atomic mass is 9.91. The van der Waals surface area contributed by atoms with E-state index in [1.807, 2.05) is 45.0 Å². The Morgan fingerprint density at radius 3 is 2.60 bits per heavy atom. The second kappa shape index (κ2) is 7.68. The highest BCUT2D eigenvalue weighted by atomic mass is 16.5. The molecule has 25 heavy (non-hydrogen) atoms. The van der Waals surface area contributed by atoms with E-state index in [9.17, 15) is 9.59 Å². The number of carbonyl (C=O) groups excluding carboxylic acids is 2. The van der Waals surface area contributed by atoms with Gasteiger partial charge in [0.1, 0.15) is 11.5 Å². The molecule has 0 saturated carbocycles. The normalized spacial score (nSPS) is 17.0. The van der Waals surface area contributed by atoms with E-state index < -0.39 is 5.97 Å². The summed E-state index contributed by atoms with van der Waals surface area (Å²) in [5, 5.41) is 0. The van der Waals surface area contributed by atoms with Crippen LogP contribution in [0.25, 0.3) is 0 Å². The molecule has 0 aromatic heterocycles. The van der Waals surface area contributed by atoms with Crippen LogP contribution < -0.4 is 9.64 Å². The maximum Gasteiger partial charge on any atom is 0.352 e. The monoisotopic (exact) mass is 346 g/mol. The first-order valence-electron chi connectivity index (χ1n) is 8.33. The van der Waals surface area contributed by atoms with Crippen LogP contribution in [0.2, 0.25) is 0 Å². The third-order valence-electron chi connectivity index (χ3n) is 3.99. The minimum absolute atomic E-state index is 0.00655. The molecule has 0 bridgehead atoms. The maximum absolute atomic E-state index is 13.0. The van der Waals surface area contributed by atoms with Crippen LogP contribution in [0.3, 0.4) is 0 Å². The molecule has 1 heterocycles. The van der Waals surface area contributed by atoms with E-state index in [-0.39, 0.29) is 17.4 Å². The van der Waals surface area contributed by atoms with Crippen LogP contribution in [-0.4, -0.2) is 44.4 Å². The number of carbonyl (C=O) groups is 2. The quantitative estimate of drug-likeness (QED) is 0.769. The Balaban J connectivity index is 2.30. The number of ether oxygens (including phenoxy) is 2. The number of nitrogens with zero attached hydrogens (tertiary/aromatic N) is 2. The molecule has 2 rings (SSSR count). The second-order valence-corrected chi connectivity index (χ2v) is 7.34. The molecular weight excluding hydrogens is 320 g/mol. The average Bonchev–Trinajstić information content (AvgIpc) is 3.02. The van der Waals surface area contributed by atoms with Crippen molar-refractivity contribution in [3.05, 3.63) is 24.3 Å². The highest BCUT2D eigenvalue weighted by Crippen LogP contribution is 2.29. The first kappa shape index (κ1) is 19.0. The average molecular weight is 346 g/mol. The lowest BCUT2D eigenvalue weighted by Gasteiger charge is -2.31. The fourth-order valence-electron chi connectivity index (χ4n) is 2.86. The fraction of sp³-hybridized carbons (Fsp3) is 0.526. The van der Waals surface area contributed by atoms with Crippen molar-refractivity contribution in [2.24, 2.45) is 10.4 Å². The number of hydrogen-bond acceptors (Lipinski definition) is 5. The van der Waals surface area contributed by atoms with Crippen LogP contribution in [0.5, 0.6) is 5.75 Å². The number of aliphatic imine (C=N–C) groups is 1. The van der Waals surface area contributed by atoms with Gasteiger partial charge in [-0.25, -0.2) is 4.79 Å². The molecule has 0 aliphatic carbocycles. The highest BCUT2D eigenvalue weighted by molar-refractivity contribution is 6.37. The number of anilines is 1. The Hall–Kier alpha value is -2.37. The molecule has 136 valence electrons. The lowest BCUT2D eigenvalue weighted by Crippen LogP contribution is -2.43. The summed E-state index contributed by atoms with van der Waals surface area (Å²) in [6.45, 7) is 6.47. The van der Waals surface area contributed by atoms with Crippen LogP contribution in [-0.2, 0) is 14.3 Å². The Kier molecular flexibility index (Phi) is 5.82. The second-order valence-electron chi connectivity index (χ2n) is 7.34. The van der Waals surface area contributed by atoms with Crippen molar-refractivity contribution in [3.63, 3.8) is 0 Å². The minimum Gasteiger partial charge on any atom is -0.497 e. The number of esters is 1.